The fourth-order valence-corrected chi connectivity index (χ4v) is 2.37. The molecule has 1 aromatic carbocycles. The van der Waals surface area contributed by atoms with Gasteiger partial charge in [-0.25, -0.2) is 0 Å². The van der Waals surface area contributed by atoms with Gasteiger partial charge in [-0.3, -0.25) is 0 Å². The summed E-state index contributed by atoms with van der Waals surface area (Å²) >= 11 is 0. The van der Waals surface area contributed by atoms with Gasteiger partial charge in [0.15, 0.2) is 0 Å². The summed E-state index contributed by atoms with van der Waals surface area (Å²) in [5.41, 5.74) is 2.66. The number of rotatable bonds is 8. The predicted molar refractivity (Wildman–Crippen MR) is 85.0 cm³/mol. The topological polar surface area (TPSA) is 26.2 Å². The molecule has 3 heteroatoms. The first-order valence-corrected chi connectivity index (χ1v) is 7.60. The third-order valence-corrected chi connectivity index (χ3v) is 3.40. The van der Waals surface area contributed by atoms with E-state index < -0.39 is 0 Å². The van der Waals surface area contributed by atoms with Gasteiger partial charge < -0.3 is 14.6 Å². The van der Waals surface area contributed by atoms with Crippen molar-refractivity contribution in [2.75, 3.05) is 13.2 Å². The standard InChI is InChI=1S/C17H26N2O/c1-4-10-20-11-9-19-13-15(12-18-14(2)3)16-7-5-6-8-17(16)19/h5-8,13-14,18H,4,9-12H2,1-3H3. The summed E-state index contributed by atoms with van der Waals surface area (Å²) < 4.78 is 7.91. The SMILES string of the molecule is CCCOCCn1cc(CNC(C)C)c2ccccc21. The van der Waals surface area contributed by atoms with Crippen LogP contribution < -0.4 is 5.32 Å². The molecule has 0 saturated heterocycles. The lowest BCUT2D eigenvalue weighted by Crippen LogP contribution is -2.21. The highest BCUT2D eigenvalue weighted by Crippen LogP contribution is 2.21. The number of benzene rings is 1. The van der Waals surface area contributed by atoms with E-state index in [4.69, 9.17) is 4.74 Å². The molecule has 0 amide bonds. The van der Waals surface area contributed by atoms with E-state index in [0.717, 1.165) is 32.7 Å². The van der Waals surface area contributed by atoms with Gasteiger partial charge >= 0.3 is 0 Å². The highest BCUT2D eigenvalue weighted by atomic mass is 16.5. The first-order chi connectivity index (χ1) is 9.72. The van der Waals surface area contributed by atoms with Crippen molar-refractivity contribution in [2.24, 2.45) is 0 Å². The Kier molecular flexibility index (Phi) is 5.62. The maximum absolute atomic E-state index is 5.61. The zero-order valence-corrected chi connectivity index (χ0v) is 12.9. The highest BCUT2D eigenvalue weighted by molar-refractivity contribution is 5.83. The summed E-state index contributed by atoms with van der Waals surface area (Å²) in [4.78, 5) is 0. The van der Waals surface area contributed by atoms with Crippen LogP contribution in [0.4, 0.5) is 0 Å². The number of aromatic nitrogens is 1. The summed E-state index contributed by atoms with van der Waals surface area (Å²) in [6.45, 7) is 9.96. The molecule has 20 heavy (non-hydrogen) atoms. The van der Waals surface area contributed by atoms with Crippen molar-refractivity contribution < 1.29 is 4.74 Å². The van der Waals surface area contributed by atoms with Crippen LogP contribution in [0.1, 0.15) is 32.8 Å². The largest absolute Gasteiger partial charge is 0.380 e. The Morgan fingerprint density at radius 2 is 2.00 bits per heavy atom. The second-order valence-electron chi connectivity index (χ2n) is 5.51. The lowest BCUT2D eigenvalue weighted by molar-refractivity contribution is 0.127. The number of hydrogen-bond acceptors (Lipinski definition) is 2. The maximum atomic E-state index is 5.61. The first kappa shape index (κ1) is 15.1. The molecule has 0 aliphatic rings. The van der Waals surface area contributed by atoms with Crippen LogP contribution in [0.25, 0.3) is 10.9 Å². The van der Waals surface area contributed by atoms with Crippen LogP contribution in [0, 0.1) is 0 Å². The molecular formula is C17H26N2O. The van der Waals surface area contributed by atoms with Crippen molar-refractivity contribution in [2.45, 2.75) is 46.3 Å². The van der Waals surface area contributed by atoms with Gasteiger partial charge in [0.1, 0.15) is 0 Å². The van der Waals surface area contributed by atoms with Crippen molar-refractivity contribution in [3.05, 3.63) is 36.0 Å². The normalized spacial score (nSPS) is 11.6. The predicted octanol–water partition coefficient (Wildman–Crippen LogP) is 3.57. The monoisotopic (exact) mass is 274 g/mol. The number of hydrogen-bond donors (Lipinski definition) is 1. The molecule has 0 unspecified atom stereocenters. The minimum atomic E-state index is 0.505. The molecule has 1 heterocycles. The lowest BCUT2D eigenvalue weighted by Gasteiger charge is -2.06. The molecule has 0 aliphatic carbocycles. The Balaban J connectivity index is 2.13. The number of para-hydroxylation sites is 1. The molecule has 1 aromatic heterocycles. The molecule has 3 nitrogen and oxygen atoms in total. The van der Waals surface area contributed by atoms with Crippen LogP contribution in [0.5, 0.6) is 0 Å². The second kappa shape index (κ2) is 7.46. The average Bonchev–Trinajstić information content (AvgIpc) is 2.80. The molecule has 0 radical (unpaired) electrons. The van der Waals surface area contributed by atoms with Gasteiger partial charge in [0.05, 0.1) is 6.61 Å². The van der Waals surface area contributed by atoms with Crippen molar-refractivity contribution in [1.29, 1.82) is 0 Å². The minimum absolute atomic E-state index is 0.505. The summed E-state index contributed by atoms with van der Waals surface area (Å²) in [6, 6.07) is 9.11. The van der Waals surface area contributed by atoms with Gasteiger partial charge in [-0.15, -0.1) is 0 Å². The molecular weight excluding hydrogens is 248 g/mol. The van der Waals surface area contributed by atoms with E-state index in [-0.39, 0.29) is 0 Å². The summed E-state index contributed by atoms with van der Waals surface area (Å²) in [7, 11) is 0. The van der Waals surface area contributed by atoms with Crippen LogP contribution in [0.2, 0.25) is 0 Å². The first-order valence-electron chi connectivity index (χ1n) is 7.60. The van der Waals surface area contributed by atoms with Crippen LogP contribution >= 0.6 is 0 Å². The molecule has 0 saturated carbocycles. The Bertz CT molecular complexity index is 531. The van der Waals surface area contributed by atoms with Crippen LogP contribution in [-0.4, -0.2) is 23.8 Å². The van der Waals surface area contributed by atoms with Gasteiger partial charge in [0.25, 0.3) is 0 Å². The molecule has 0 fully saturated rings. The number of ether oxygens (including phenoxy) is 1. The average molecular weight is 274 g/mol. The quantitative estimate of drug-likeness (QED) is 0.745. The summed E-state index contributed by atoms with van der Waals surface area (Å²) in [5.74, 6) is 0. The van der Waals surface area contributed by atoms with Crippen LogP contribution in [0.3, 0.4) is 0 Å². The second-order valence-corrected chi connectivity index (χ2v) is 5.51. The Hall–Kier alpha value is -1.32. The molecule has 2 aromatic rings. The molecule has 0 spiro atoms. The lowest BCUT2D eigenvalue weighted by atomic mass is 10.2. The zero-order chi connectivity index (χ0) is 14.4. The van der Waals surface area contributed by atoms with Gasteiger partial charge in [-0.1, -0.05) is 39.0 Å². The zero-order valence-electron chi connectivity index (χ0n) is 12.9. The smallest absolute Gasteiger partial charge is 0.0645 e. The highest BCUT2D eigenvalue weighted by Gasteiger charge is 2.08. The van der Waals surface area contributed by atoms with Crippen molar-refractivity contribution in [1.82, 2.24) is 9.88 Å². The Labute approximate surface area is 121 Å². The number of nitrogens with zero attached hydrogens (tertiary/aromatic N) is 1. The van der Waals surface area contributed by atoms with E-state index in [9.17, 15) is 0 Å². The maximum Gasteiger partial charge on any atom is 0.0645 e. The number of fused-ring (bicyclic) bond motifs is 1. The third kappa shape index (κ3) is 3.84. The molecule has 2 rings (SSSR count). The molecule has 0 aliphatic heterocycles. The molecule has 0 bridgehead atoms. The van der Waals surface area contributed by atoms with Crippen molar-refractivity contribution in [3.63, 3.8) is 0 Å². The van der Waals surface area contributed by atoms with Crippen molar-refractivity contribution >= 4 is 10.9 Å². The summed E-state index contributed by atoms with van der Waals surface area (Å²) in [6.07, 6.45) is 3.34. The van der Waals surface area contributed by atoms with E-state index in [2.05, 4.69) is 61.1 Å². The van der Waals surface area contributed by atoms with E-state index in [1.807, 2.05) is 0 Å². The summed E-state index contributed by atoms with van der Waals surface area (Å²) in [5, 5.41) is 4.84. The number of nitrogens with one attached hydrogen (secondary N) is 1. The van der Waals surface area contributed by atoms with E-state index in [0.29, 0.717) is 6.04 Å². The van der Waals surface area contributed by atoms with Gasteiger partial charge in [0, 0.05) is 42.8 Å². The Morgan fingerprint density at radius 3 is 2.75 bits per heavy atom. The minimum Gasteiger partial charge on any atom is -0.380 e. The fraction of sp³-hybridized carbons (Fsp3) is 0.529. The van der Waals surface area contributed by atoms with Gasteiger partial charge in [-0.05, 0) is 18.1 Å². The Morgan fingerprint density at radius 1 is 1.20 bits per heavy atom. The fourth-order valence-electron chi connectivity index (χ4n) is 2.37. The molecule has 1 N–H and O–H groups in total. The third-order valence-electron chi connectivity index (χ3n) is 3.40. The van der Waals surface area contributed by atoms with Crippen LogP contribution in [-0.2, 0) is 17.8 Å². The van der Waals surface area contributed by atoms with E-state index in [1.54, 1.807) is 0 Å². The molecule has 0 atom stereocenters. The van der Waals surface area contributed by atoms with Crippen molar-refractivity contribution in [3.8, 4) is 0 Å². The van der Waals surface area contributed by atoms with E-state index in [1.165, 1.54) is 16.5 Å². The molecule has 110 valence electrons. The van der Waals surface area contributed by atoms with E-state index >= 15 is 0 Å². The van der Waals surface area contributed by atoms with Gasteiger partial charge in [0.2, 0.25) is 0 Å². The van der Waals surface area contributed by atoms with Crippen LogP contribution in [0.15, 0.2) is 30.5 Å². The van der Waals surface area contributed by atoms with Gasteiger partial charge in [-0.2, -0.15) is 0 Å².